The molecule has 1 unspecified atom stereocenters. The number of carbonyl (C=O) groups is 2. The van der Waals surface area contributed by atoms with Crippen molar-refractivity contribution in [2.45, 2.75) is 64.1 Å². The van der Waals surface area contributed by atoms with Crippen LogP contribution in [0.5, 0.6) is 11.5 Å². The van der Waals surface area contributed by atoms with Crippen molar-refractivity contribution in [1.29, 1.82) is 0 Å². The molecule has 0 saturated heterocycles. The number of benzene rings is 3. The van der Waals surface area contributed by atoms with Gasteiger partial charge in [-0.05, 0) is 70.5 Å². The third-order valence-corrected chi connectivity index (χ3v) is 9.30. The topological polar surface area (TPSA) is 105 Å². The van der Waals surface area contributed by atoms with Crippen molar-refractivity contribution in [1.82, 2.24) is 10.2 Å². The van der Waals surface area contributed by atoms with Gasteiger partial charge in [-0.2, -0.15) is 0 Å². The number of rotatable bonds is 12. The molecule has 3 aromatic carbocycles. The van der Waals surface area contributed by atoms with Crippen LogP contribution in [0.1, 0.15) is 45.2 Å². The molecule has 3 rings (SSSR count). The number of ether oxygens (including phenoxy) is 2. The van der Waals surface area contributed by atoms with E-state index in [-0.39, 0.29) is 35.2 Å². The molecule has 0 aromatic heterocycles. The van der Waals surface area contributed by atoms with Crippen molar-refractivity contribution in [2.75, 3.05) is 25.1 Å². The van der Waals surface area contributed by atoms with Crippen molar-refractivity contribution < 1.29 is 27.5 Å². The molecule has 0 radical (unpaired) electrons. The van der Waals surface area contributed by atoms with Gasteiger partial charge in [0.15, 0.2) is 11.5 Å². The van der Waals surface area contributed by atoms with E-state index in [1.165, 1.54) is 37.3 Å². The number of carbonyl (C=O) groups excluding carboxylic acids is 2. The maximum absolute atomic E-state index is 14.3. The van der Waals surface area contributed by atoms with Crippen LogP contribution in [0, 0.1) is 6.92 Å². The molecule has 0 saturated carbocycles. The van der Waals surface area contributed by atoms with Gasteiger partial charge in [-0.15, -0.1) is 0 Å². The fourth-order valence-electron chi connectivity index (χ4n) is 4.57. The smallest absolute Gasteiger partial charge is 0.264 e. The largest absolute Gasteiger partial charge is 0.493 e. The molecule has 3 aromatic rings. The highest BCUT2D eigenvalue weighted by atomic mass is 35.5. The molecule has 2 amide bonds. The molecule has 238 valence electrons. The first-order chi connectivity index (χ1) is 20.6. The zero-order chi connectivity index (χ0) is 32.8. The predicted molar refractivity (Wildman–Crippen MR) is 174 cm³/mol. The molecular formula is C32H39Cl2N3O6S. The van der Waals surface area contributed by atoms with Crippen molar-refractivity contribution in [3.8, 4) is 11.5 Å². The summed E-state index contributed by atoms with van der Waals surface area (Å²) in [7, 11) is -1.48. The quantitative estimate of drug-likeness (QED) is 0.246. The molecule has 44 heavy (non-hydrogen) atoms. The van der Waals surface area contributed by atoms with E-state index in [2.05, 4.69) is 5.32 Å². The van der Waals surface area contributed by atoms with Gasteiger partial charge in [-0.25, -0.2) is 8.42 Å². The number of anilines is 1. The Balaban J connectivity index is 2.15. The molecular weight excluding hydrogens is 625 g/mol. The fraction of sp³-hybridized carbons (Fsp3) is 0.375. The molecule has 0 aliphatic rings. The van der Waals surface area contributed by atoms with Gasteiger partial charge in [0.25, 0.3) is 10.0 Å². The number of sulfonamides is 1. The minimum atomic E-state index is -4.33. The van der Waals surface area contributed by atoms with Crippen LogP contribution in [0.2, 0.25) is 10.0 Å². The third kappa shape index (κ3) is 8.37. The Bertz CT molecular complexity index is 1570. The zero-order valence-corrected chi connectivity index (χ0v) is 28.3. The normalized spacial score (nSPS) is 12.3. The summed E-state index contributed by atoms with van der Waals surface area (Å²) in [5.41, 5.74) is 1.03. The van der Waals surface area contributed by atoms with Crippen LogP contribution < -0.4 is 19.1 Å². The van der Waals surface area contributed by atoms with E-state index in [9.17, 15) is 18.0 Å². The Morgan fingerprint density at radius 3 is 2.05 bits per heavy atom. The van der Waals surface area contributed by atoms with Gasteiger partial charge in [-0.3, -0.25) is 13.9 Å². The van der Waals surface area contributed by atoms with Crippen molar-refractivity contribution >= 4 is 50.7 Å². The Morgan fingerprint density at radius 1 is 0.932 bits per heavy atom. The molecule has 0 fully saturated rings. The molecule has 12 heteroatoms. The lowest BCUT2D eigenvalue weighted by Gasteiger charge is -2.35. The Kier molecular flexibility index (Phi) is 11.6. The fourth-order valence-corrected chi connectivity index (χ4v) is 6.52. The number of hydrogen-bond donors (Lipinski definition) is 1. The van der Waals surface area contributed by atoms with E-state index in [0.717, 1.165) is 9.87 Å². The Morgan fingerprint density at radius 2 is 1.52 bits per heavy atom. The first-order valence-electron chi connectivity index (χ1n) is 14.0. The number of methoxy groups -OCH3 is 2. The van der Waals surface area contributed by atoms with Gasteiger partial charge in [0.05, 0.1) is 24.8 Å². The van der Waals surface area contributed by atoms with Crippen LogP contribution in [-0.2, 0) is 26.2 Å². The van der Waals surface area contributed by atoms with Gasteiger partial charge >= 0.3 is 0 Å². The maximum atomic E-state index is 14.3. The van der Waals surface area contributed by atoms with Crippen LogP contribution in [-0.4, -0.2) is 57.5 Å². The number of nitrogens with one attached hydrogen (secondary N) is 1. The lowest BCUT2D eigenvalue weighted by Crippen LogP contribution is -2.55. The van der Waals surface area contributed by atoms with Crippen LogP contribution in [0.4, 0.5) is 5.69 Å². The molecule has 0 aliphatic heterocycles. The number of hydrogen-bond acceptors (Lipinski definition) is 6. The number of nitrogens with zero attached hydrogens (tertiary/aromatic N) is 2. The van der Waals surface area contributed by atoms with E-state index < -0.39 is 34.1 Å². The van der Waals surface area contributed by atoms with Gasteiger partial charge in [0, 0.05) is 33.8 Å². The van der Waals surface area contributed by atoms with Crippen molar-refractivity contribution in [3.63, 3.8) is 0 Å². The summed E-state index contributed by atoms with van der Waals surface area (Å²) >= 11 is 13.0. The summed E-state index contributed by atoms with van der Waals surface area (Å²) in [6, 6.07) is 15.0. The monoisotopic (exact) mass is 663 g/mol. The molecule has 1 atom stereocenters. The predicted octanol–water partition coefficient (Wildman–Crippen LogP) is 6.24. The number of amides is 2. The molecule has 0 heterocycles. The highest BCUT2D eigenvalue weighted by molar-refractivity contribution is 7.92. The average Bonchev–Trinajstić information content (AvgIpc) is 2.96. The second-order valence-corrected chi connectivity index (χ2v) is 13.9. The summed E-state index contributed by atoms with van der Waals surface area (Å²) in [6.45, 7) is 8.43. The first kappa shape index (κ1) is 35.0. The zero-order valence-electron chi connectivity index (χ0n) is 26.0. The molecule has 9 nitrogen and oxygen atoms in total. The standard InChI is InChI=1S/C32H39Cl2N3O6S/c1-8-27(31(39)35-32(3,4)5)36(19-24-25(33)10-9-11-26(24)34)30(38)20-37(22-14-12-21(2)13-15-22)44(40,41)23-16-17-28(42-6)29(18-23)43-7/h9-18,27H,8,19-20H2,1-7H3,(H,35,39). The number of halogens is 2. The van der Waals surface area contributed by atoms with Gasteiger partial charge in [0.2, 0.25) is 11.8 Å². The lowest BCUT2D eigenvalue weighted by molar-refractivity contribution is -0.141. The lowest BCUT2D eigenvalue weighted by atomic mass is 10.1. The van der Waals surface area contributed by atoms with E-state index in [1.54, 1.807) is 49.4 Å². The minimum absolute atomic E-state index is 0.109. The highest BCUT2D eigenvalue weighted by Gasteiger charge is 2.35. The van der Waals surface area contributed by atoms with Gasteiger partial charge in [-0.1, -0.05) is 53.9 Å². The van der Waals surface area contributed by atoms with Gasteiger partial charge < -0.3 is 19.7 Å². The van der Waals surface area contributed by atoms with E-state index in [1.807, 2.05) is 27.7 Å². The third-order valence-electron chi connectivity index (χ3n) is 6.82. The first-order valence-corrected chi connectivity index (χ1v) is 16.2. The molecule has 1 N–H and O–H groups in total. The van der Waals surface area contributed by atoms with Crippen LogP contribution >= 0.6 is 23.2 Å². The highest BCUT2D eigenvalue weighted by Crippen LogP contribution is 2.33. The van der Waals surface area contributed by atoms with Gasteiger partial charge in [0.1, 0.15) is 12.6 Å². The molecule has 0 aliphatic carbocycles. The summed E-state index contributed by atoms with van der Waals surface area (Å²) in [5, 5.41) is 3.56. The van der Waals surface area contributed by atoms with Crippen LogP contribution in [0.3, 0.4) is 0 Å². The second kappa shape index (κ2) is 14.5. The van der Waals surface area contributed by atoms with Crippen LogP contribution in [0.25, 0.3) is 0 Å². The molecule has 0 bridgehead atoms. The number of aryl methyl sites for hydroxylation is 1. The van der Waals surface area contributed by atoms with Crippen molar-refractivity contribution in [3.05, 3.63) is 81.8 Å². The second-order valence-electron chi connectivity index (χ2n) is 11.2. The Hall–Kier alpha value is -3.47. The van der Waals surface area contributed by atoms with E-state index in [4.69, 9.17) is 32.7 Å². The summed E-state index contributed by atoms with van der Waals surface area (Å²) in [4.78, 5) is 29.0. The Labute approximate surface area is 270 Å². The van der Waals surface area contributed by atoms with Crippen molar-refractivity contribution in [2.24, 2.45) is 0 Å². The average molecular weight is 665 g/mol. The SMILES string of the molecule is CCC(C(=O)NC(C)(C)C)N(Cc1c(Cl)cccc1Cl)C(=O)CN(c1ccc(C)cc1)S(=O)(=O)c1ccc(OC)c(OC)c1. The minimum Gasteiger partial charge on any atom is -0.493 e. The van der Waals surface area contributed by atoms with E-state index in [0.29, 0.717) is 21.4 Å². The maximum Gasteiger partial charge on any atom is 0.264 e. The molecule has 0 spiro atoms. The van der Waals surface area contributed by atoms with Crippen LogP contribution in [0.15, 0.2) is 65.6 Å². The van der Waals surface area contributed by atoms with E-state index >= 15 is 0 Å². The summed E-state index contributed by atoms with van der Waals surface area (Å²) in [6.07, 6.45) is 0.253. The summed E-state index contributed by atoms with van der Waals surface area (Å²) < 4.78 is 40.1. The summed E-state index contributed by atoms with van der Waals surface area (Å²) in [5.74, 6) is -0.450.